The lowest BCUT2D eigenvalue weighted by Crippen LogP contribution is -2.44. The van der Waals surface area contributed by atoms with Crippen molar-refractivity contribution in [3.63, 3.8) is 0 Å². The van der Waals surface area contributed by atoms with Crippen LogP contribution >= 0.6 is 11.3 Å². The Morgan fingerprint density at radius 3 is 2.93 bits per heavy atom. The third-order valence-electron chi connectivity index (χ3n) is 5.07. The monoisotopic (exact) mass is 390 g/mol. The van der Waals surface area contributed by atoms with Crippen molar-refractivity contribution in [3.05, 3.63) is 28.2 Å². The van der Waals surface area contributed by atoms with Crippen LogP contribution < -0.4 is 0 Å². The van der Waals surface area contributed by atoms with Gasteiger partial charge in [-0.3, -0.25) is 14.5 Å². The number of aromatic nitrogens is 4. The van der Waals surface area contributed by atoms with Gasteiger partial charge in [-0.25, -0.2) is 4.68 Å². The molecule has 146 valence electrons. The molecule has 1 atom stereocenters. The highest BCUT2D eigenvalue weighted by molar-refractivity contribution is 7.12. The van der Waals surface area contributed by atoms with Gasteiger partial charge in [0.25, 0.3) is 0 Å². The average Bonchev–Trinajstić information content (AvgIpc) is 3.33. The SMILES string of the molecule is CC(C)N(C)Cc1nnnn1CC(=O)N1CCCC(C(=O)c2cccs2)C1. The molecule has 0 radical (unpaired) electrons. The summed E-state index contributed by atoms with van der Waals surface area (Å²) in [5.74, 6) is 0.646. The van der Waals surface area contributed by atoms with Crippen LogP contribution in [0.4, 0.5) is 0 Å². The normalized spacial score (nSPS) is 17.7. The molecule has 0 N–H and O–H groups in total. The van der Waals surface area contributed by atoms with Gasteiger partial charge in [0, 0.05) is 25.0 Å². The molecule has 2 aromatic rings. The van der Waals surface area contributed by atoms with Crippen molar-refractivity contribution in [1.29, 1.82) is 0 Å². The van der Waals surface area contributed by atoms with Crippen LogP contribution in [-0.4, -0.2) is 67.9 Å². The molecule has 0 aliphatic carbocycles. The van der Waals surface area contributed by atoms with Crippen LogP contribution in [0, 0.1) is 5.92 Å². The van der Waals surface area contributed by atoms with Crippen LogP contribution in [0.1, 0.15) is 42.2 Å². The Morgan fingerprint density at radius 2 is 2.22 bits per heavy atom. The maximum Gasteiger partial charge on any atom is 0.244 e. The van der Waals surface area contributed by atoms with E-state index in [1.54, 1.807) is 9.58 Å². The number of hydrogen-bond acceptors (Lipinski definition) is 7. The Kier molecular flexibility index (Phi) is 6.33. The second kappa shape index (κ2) is 8.71. The molecule has 1 aliphatic rings. The summed E-state index contributed by atoms with van der Waals surface area (Å²) in [5, 5.41) is 13.7. The van der Waals surface area contributed by atoms with E-state index in [9.17, 15) is 9.59 Å². The summed E-state index contributed by atoms with van der Waals surface area (Å²) in [6.45, 7) is 6.02. The lowest BCUT2D eigenvalue weighted by molar-refractivity contribution is -0.133. The van der Waals surface area contributed by atoms with Gasteiger partial charge in [0.1, 0.15) is 6.54 Å². The number of thiophene rings is 1. The first-order valence-corrected chi connectivity index (χ1v) is 10.1. The quantitative estimate of drug-likeness (QED) is 0.669. The number of ketones is 1. The molecule has 0 aromatic carbocycles. The lowest BCUT2D eigenvalue weighted by atomic mass is 9.93. The Morgan fingerprint density at radius 1 is 1.41 bits per heavy atom. The molecular formula is C18H26N6O2S. The molecule has 27 heavy (non-hydrogen) atoms. The topological polar surface area (TPSA) is 84.2 Å². The number of likely N-dealkylation sites (tertiary alicyclic amines) is 1. The van der Waals surface area contributed by atoms with E-state index in [-0.39, 0.29) is 24.2 Å². The zero-order chi connectivity index (χ0) is 19.4. The summed E-state index contributed by atoms with van der Waals surface area (Å²) in [6.07, 6.45) is 1.67. The molecular weight excluding hydrogens is 364 g/mol. The highest BCUT2D eigenvalue weighted by atomic mass is 32.1. The van der Waals surface area contributed by atoms with Crippen LogP contribution in [0.5, 0.6) is 0 Å². The third kappa shape index (κ3) is 4.78. The zero-order valence-electron chi connectivity index (χ0n) is 16.0. The van der Waals surface area contributed by atoms with Crippen molar-refractivity contribution in [2.24, 2.45) is 5.92 Å². The molecule has 3 rings (SSSR count). The number of rotatable bonds is 7. The van der Waals surface area contributed by atoms with Crippen LogP contribution in [0.15, 0.2) is 17.5 Å². The van der Waals surface area contributed by atoms with Crippen molar-refractivity contribution in [3.8, 4) is 0 Å². The number of carbonyl (C=O) groups excluding carboxylic acids is 2. The number of hydrogen-bond donors (Lipinski definition) is 0. The molecule has 2 aromatic heterocycles. The van der Waals surface area contributed by atoms with Crippen LogP contribution in [0.3, 0.4) is 0 Å². The first-order chi connectivity index (χ1) is 13.0. The molecule has 3 heterocycles. The second-order valence-corrected chi connectivity index (χ2v) is 8.23. The van der Waals surface area contributed by atoms with Crippen LogP contribution in [-0.2, 0) is 17.9 Å². The second-order valence-electron chi connectivity index (χ2n) is 7.28. The summed E-state index contributed by atoms with van der Waals surface area (Å²) in [5.41, 5.74) is 0. The Bertz CT molecular complexity index is 773. The van der Waals surface area contributed by atoms with Crippen molar-refractivity contribution < 1.29 is 9.59 Å². The van der Waals surface area contributed by atoms with E-state index < -0.39 is 0 Å². The molecule has 0 bridgehead atoms. The fraction of sp³-hybridized carbons (Fsp3) is 0.611. The maximum atomic E-state index is 12.8. The summed E-state index contributed by atoms with van der Waals surface area (Å²) >= 11 is 1.46. The van der Waals surface area contributed by atoms with Gasteiger partial charge in [0.05, 0.1) is 11.4 Å². The van der Waals surface area contributed by atoms with E-state index in [4.69, 9.17) is 0 Å². The largest absolute Gasteiger partial charge is 0.340 e. The maximum absolute atomic E-state index is 12.8. The van der Waals surface area contributed by atoms with Crippen molar-refractivity contribution in [2.75, 3.05) is 20.1 Å². The average molecular weight is 391 g/mol. The molecule has 1 unspecified atom stereocenters. The van der Waals surface area contributed by atoms with Crippen molar-refractivity contribution >= 4 is 23.0 Å². The van der Waals surface area contributed by atoms with E-state index in [1.165, 1.54) is 11.3 Å². The fourth-order valence-corrected chi connectivity index (χ4v) is 3.87. The molecule has 1 saturated heterocycles. The first kappa shape index (κ1) is 19.6. The minimum Gasteiger partial charge on any atom is -0.340 e. The minimum absolute atomic E-state index is 0.0422. The highest BCUT2D eigenvalue weighted by Gasteiger charge is 2.30. The number of Topliss-reactive ketones (excluding diaryl/α,β-unsaturated/α-hetero) is 1. The molecule has 0 spiro atoms. The summed E-state index contributed by atoms with van der Waals surface area (Å²) < 4.78 is 1.56. The molecule has 1 aliphatic heterocycles. The standard InChI is InChI=1S/C18H26N6O2S/c1-13(2)22(3)11-16-19-20-21-24(16)12-17(25)23-8-4-6-14(10-23)18(26)15-7-5-9-27-15/h5,7,9,13-14H,4,6,8,10-12H2,1-3H3. The van der Waals surface area contributed by atoms with Gasteiger partial charge in [-0.1, -0.05) is 6.07 Å². The molecule has 1 fully saturated rings. The van der Waals surface area contributed by atoms with Gasteiger partial charge in [-0.05, 0) is 55.6 Å². The molecule has 8 nitrogen and oxygen atoms in total. The summed E-state index contributed by atoms with van der Waals surface area (Å²) in [7, 11) is 2.00. The van der Waals surface area contributed by atoms with E-state index in [0.29, 0.717) is 31.5 Å². The third-order valence-corrected chi connectivity index (χ3v) is 5.96. The number of nitrogens with zero attached hydrogens (tertiary/aromatic N) is 6. The molecule has 0 saturated carbocycles. The number of amides is 1. The zero-order valence-corrected chi connectivity index (χ0v) is 16.9. The summed E-state index contributed by atoms with van der Waals surface area (Å²) in [4.78, 5) is 30.1. The van der Waals surface area contributed by atoms with Gasteiger partial charge in [0.2, 0.25) is 5.91 Å². The van der Waals surface area contributed by atoms with E-state index in [2.05, 4.69) is 34.3 Å². The van der Waals surface area contributed by atoms with Gasteiger partial charge in [-0.15, -0.1) is 16.4 Å². The van der Waals surface area contributed by atoms with Gasteiger partial charge >= 0.3 is 0 Å². The number of carbonyl (C=O) groups is 2. The molecule has 9 heteroatoms. The molecule has 1 amide bonds. The van der Waals surface area contributed by atoms with Crippen LogP contribution in [0.25, 0.3) is 0 Å². The smallest absolute Gasteiger partial charge is 0.244 e. The number of piperidine rings is 1. The van der Waals surface area contributed by atoms with Gasteiger partial charge in [0.15, 0.2) is 11.6 Å². The van der Waals surface area contributed by atoms with E-state index >= 15 is 0 Å². The Balaban J connectivity index is 1.61. The number of tetrazole rings is 1. The van der Waals surface area contributed by atoms with Gasteiger partial charge < -0.3 is 4.90 Å². The van der Waals surface area contributed by atoms with Gasteiger partial charge in [-0.2, -0.15) is 0 Å². The highest BCUT2D eigenvalue weighted by Crippen LogP contribution is 2.23. The predicted molar refractivity (Wildman–Crippen MR) is 102 cm³/mol. The van der Waals surface area contributed by atoms with Crippen molar-refractivity contribution in [1.82, 2.24) is 30.0 Å². The predicted octanol–water partition coefficient (Wildman–Crippen LogP) is 1.70. The Hall–Kier alpha value is -2.13. The van der Waals surface area contributed by atoms with E-state index in [1.807, 2.05) is 24.6 Å². The fourth-order valence-electron chi connectivity index (χ4n) is 3.13. The van der Waals surface area contributed by atoms with Crippen molar-refractivity contribution in [2.45, 2.75) is 45.8 Å². The minimum atomic E-state index is -0.123. The summed E-state index contributed by atoms with van der Waals surface area (Å²) in [6, 6.07) is 4.10. The Labute approximate surface area is 163 Å². The lowest BCUT2D eigenvalue weighted by Gasteiger charge is -2.32. The van der Waals surface area contributed by atoms with E-state index in [0.717, 1.165) is 17.7 Å². The van der Waals surface area contributed by atoms with Crippen LogP contribution in [0.2, 0.25) is 0 Å². The first-order valence-electron chi connectivity index (χ1n) is 9.26.